The van der Waals surface area contributed by atoms with E-state index in [4.69, 9.17) is 9.47 Å². The SMILES string of the molecule is CCCCCCCCCCCCSCCOC(=O)C(Cc1cc(C(C)(C)C)c(O)c(C(C)(C)C)c1)C(=O)OCCSCCCCCCCCCCCC. The van der Waals surface area contributed by atoms with E-state index in [1.54, 1.807) is 0 Å². The van der Waals surface area contributed by atoms with Crippen LogP contribution in [0.2, 0.25) is 0 Å². The summed E-state index contributed by atoms with van der Waals surface area (Å²) >= 11 is 3.63. The molecule has 0 amide bonds. The van der Waals surface area contributed by atoms with Crippen molar-refractivity contribution in [2.24, 2.45) is 5.92 Å². The Morgan fingerprint density at radius 2 is 0.868 bits per heavy atom. The third-order valence-electron chi connectivity index (χ3n) is 10.0. The highest BCUT2D eigenvalue weighted by Gasteiger charge is 2.33. The van der Waals surface area contributed by atoms with E-state index in [1.807, 2.05) is 35.7 Å². The molecule has 1 aromatic rings. The van der Waals surface area contributed by atoms with Gasteiger partial charge in [-0.15, -0.1) is 0 Å². The van der Waals surface area contributed by atoms with Gasteiger partial charge in [0.15, 0.2) is 5.92 Å². The maximum atomic E-state index is 13.5. The van der Waals surface area contributed by atoms with Crippen molar-refractivity contribution in [3.05, 3.63) is 28.8 Å². The minimum atomic E-state index is -1.04. The standard InChI is InChI=1S/C46H82O5S2/c1-9-11-13-15-17-19-21-23-25-27-31-52-33-29-50-43(48)39(35-38-36-40(45(3,4)5)42(47)41(37-38)46(6,7)8)44(49)51-30-34-53-32-28-26-24-22-20-18-16-14-12-10-2/h36-37,39,47H,9-35H2,1-8H3. The van der Waals surface area contributed by atoms with Crippen molar-refractivity contribution in [1.29, 1.82) is 0 Å². The van der Waals surface area contributed by atoms with Gasteiger partial charge in [0, 0.05) is 11.5 Å². The summed E-state index contributed by atoms with van der Waals surface area (Å²) in [6.45, 7) is 17.5. The Labute approximate surface area is 336 Å². The summed E-state index contributed by atoms with van der Waals surface area (Å²) < 4.78 is 11.5. The predicted octanol–water partition coefficient (Wildman–Crippen LogP) is 13.5. The minimum Gasteiger partial charge on any atom is -0.507 e. The molecule has 5 nitrogen and oxygen atoms in total. The zero-order valence-electron chi connectivity index (χ0n) is 35.7. The second kappa shape index (κ2) is 29.9. The zero-order chi connectivity index (χ0) is 39.4. The molecular formula is C46H82O5S2. The molecule has 0 saturated carbocycles. The first-order valence-corrected chi connectivity index (χ1v) is 24.0. The number of esters is 2. The van der Waals surface area contributed by atoms with Crippen LogP contribution in [-0.4, -0.2) is 53.3 Å². The van der Waals surface area contributed by atoms with Gasteiger partial charge in [-0.25, -0.2) is 0 Å². The van der Waals surface area contributed by atoms with Crippen molar-refractivity contribution in [1.82, 2.24) is 0 Å². The molecular weight excluding hydrogens is 697 g/mol. The number of thioether (sulfide) groups is 2. The molecule has 0 spiro atoms. The summed E-state index contributed by atoms with van der Waals surface area (Å²) in [5.74, 6) is 1.78. The van der Waals surface area contributed by atoms with Crippen molar-refractivity contribution >= 4 is 35.5 Å². The highest BCUT2D eigenvalue weighted by molar-refractivity contribution is 7.99. The number of rotatable bonds is 32. The number of phenols is 1. The molecule has 0 aromatic heterocycles. The lowest BCUT2D eigenvalue weighted by atomic mass is 9.77. The molecule has 1 rings (SSSR count). The fourth-order valence-electron chi connectivity index (χ4n) is 6.64. The quantitative estimate of drug-likeness (QED) is 0.0443. The third-order valence-corrected chi connectivity index (χ3v) is 12.1. The van der Waals surface area contributed by atoms with E-state index in [2.05, 4.69) is 55.4 Å². The van der Waals surface area contributed by atoms with Crippen molar-refractivity contribution in [2.45, 2.75) is 201 Å². The number of ether oxygens (including phenoxy) is 2. The Kier molecular flexibility index (Phi) is 28.0. The van der Waals surface area contributed by atoms with Gasteiger partial charge in [0.05, 0.1) is 0 Å². The number of hydrogen-bond donors (Lipinski definition) is 1. The molecule has 0 aliphatic heterocycles. The van der Waals surface area contributed by atoms with Crippen molar-refractivity contribution in [2.75, 3.05) is 36.2 Å². The summed E-state index contributed by atoms with van der Waals surface area (Å²) in [6, 6.07) is 3.89. The van der Waals surface area contributed by atoms with Crippen LogP contribution in [0.3, 0.4) is 0 Å². The molecule has 53 heavy (non-hydrogen) atoms. The van der Waals surface area contributed by atoms with Crippen LogP contribution in [0.1, 0.15) is 200 Å². The number of unbranched alkanes of at least 4 members (excludes halogenated alkanes) is 18. The van der Waals surface area contributed by atoms with E-state index in [1.165, 1.54) is 128 Å². The average molecular weight is 779 g/mol. The first kappa shape index (κ1) is 49.7. The fraction of sp³-hybridized carbons (Fsp3) is 0.826. The lowest BCUT2D eigenvalue weighted by Gasteiger charge is -2.28. The first-order valence-electron chi connectivity index (χ1n) is 21.7. The number of aromatic hydroxyl groups is 1. The Morgan fingerprint density at radius 1 is 0.547 bits per heavy atom. The van der Waals surface area contributed by atoms with Crippen LogP contribution in [0.5, 0.6) is 5.75 Å². The van der Waals surface area contributed by atoms with Gasteiger partial charge >= 0.3 is 11.9 Å². The molecule has 0 atom stereocenters. The summed E-state index contributed by atoms with van der Waals surface area (Å²) in [5, 5.41) is 11.2. The molecule has 0 heterocycles. The van der Waals surface area contributed by atoms with Crippen LogP contribution in [0, 0.1) is 5.92 Å². The fourth-order valence-corrected chi connectivity index (χ4v) is 8.27. The number of phenolic OH excluding ortho intramolecular Hbond substituents is 1. The number of carbonyl (C=O) groups excluding carboxylic acids is 2. The monoisotopic (exact) mass is 779 g/mol. The highest BCUT2D eigenvalue weighted by atomic mass is 32.2. The molecule has 0 fully saturated rings. The van der Waals surface area contributed by atoms with Crippen molar-refractivity contribution in [3.8, 4) is 5.75 Å². The topological polar surface area (TPSA) is 72.8 Å². The number of hydrogen-bond acceptors (Lipinski definition) is 7. The lowest BCUT2D eigenvalue weighted by Crippen LogP contribution is -2.31. The molecule has 1 aromatic carbocycles. The molecule has 308 valence electrons. The summed E-state index contributed by atoms with van der Waals surface area (Å²) in [6.07, 6.45) is 26.7. The van der Waals surface area contributed by atoms with Crippen LogP contribution in [0.4, 0.5) is 0 Å². The summed E-state index contributed by atoms with van der Waals surface area (Å²) in [5.41, 5.74) is 1.84. The van der Waals surface area contributed by atoms with Crippen molar-refractivity contribution in [3.63, 3.8) is 0 Å². The lowest BCUT2D eigenvalue weighted by molar-refractivity contribution is -0.161. The molecule has 7 heteroatoms. The molecule has 0 unspecified atom stereocenters. The van der Waals surface area contributed by atoms with Crippen LogP contribution >= 0.6 is 23.5 Å². The minimum absolute atomic E-state index is 0.182. The van der Waals surface area contributed by atoms with Crippen LogP contribution in [0.15, 0.2) is 12.1 Å². The van der Waals surface area contributed by atoms with Crippen LogP contribution < -0.4 is 0 Å². The maximum Gasteiger partial charge on any atom is 0.320 e. The van der Waals surface area contributed by atoms with Crippen LogP contribution in [0.25, 0.3) is 0 Å². The molecule has 0 radical (unpaired) electrons. The van der Waals surface area contributed by atoms with Gasteiger partial charge in [-0.1, -0.05) is 183 Å². The van der Waals surface area contributed by atoms with Gasteiger partial charge < -0.3 is 14.6 Å². The third kappa shape index (κ3) is 24.0. The predicted molar refractivity (Wildman–Crippen MR) is 233 cm³/mol. The van der Waals surface area contributed by atoms with Crippen LogP contribution in [-0.2, 0) is 36.3 Å². The van der Waals surface area contributed by atoms with E-state index in [-0.39, 0.29) is 36.2 Å². The average Bonchev–Trinajstić information content (AvgIpc) is 3.10. The van der Waals surface area contributed by atoms with Gasteiger partial charge in [-0.05, 0) is 58.3 Å². The van der Waals surface area contributed by atoms with Gasteiger partial charge in [0.1, 0.15) is 19.0 Å². The van der Waals surface area contributed by atoms with E-state index in [9.17, 15) is 14.7 Å². The second-order valence-corrected chi connectivity index (χ2v) is 19.7. The van der Waals surface area contributed by atoms with Gasteiger partial charge in [0.25, 0.3) is 0 Å². The summed E-state index contributed by atoms with van der Waals surface area (Å²) in [7, 11) is 0. The van der Waals surface area contributed by atoms with E-state index in [0.29, 0.717) is 0 Å². The molecule has 0 bridgehead atoms. The Hall–Kier alpha value is -1.34. The maximum absolute atomic E-state index is 13.5. The van der Waals surface area contributed by atoms with Crippen molar-refractivity contribution < 1.29 is 24.2 Å². The second-order valence-electron chi connectivity index (χ2n) is 17.2. The van der Waals surface area contributed by atoms with Gasteiger partial charge in [-0.2, -0.15) is 23.5 Å². The van der Waals surface area contributed by atoms with E-state index < -0.39 is 17.9 Å². The van der Waals surface area contributed by atoms with E-state index in [0.717, 1.165) is 39.7 Å². The van der Waals surface area contributed by atoms with Gasteiger partial charge in [0.2, 0.25) is 0 Å². The number of carbonyl (C=O) groups is 2. The normalized spacial score (nSPS) is 12.1. The smallest absolute Gasteiger partial charge is 0.320 e. The molecule has 0 aliphatic rings. The molecule has 0 aliphatic carbocycles. The first-order chi connectivity index (χ1) is 25.3. The molecule has 1 N–H and O–H groups in total. The molecule has 0 saturated heterocycles. The highest BCUT2D eigenvalue weighted by Crippen LogP contribution is 2.40. The Morgan fingerprint density at radius 3 is 1.19 bits per heavy atom. The Balaban J connectivity index is 2.65. The largest absolute Gasteiger partial charge is 0.507 e. The number of benzene rings is 1. The Bertz CT molecular complexity index is 1010. The summed E-state index contributed by atoms with van der Waals surface area (Å²) in [4.78, 5) is 27.0. The van der Waals surface area contributed by atoms with E-state index >= 15 is 0 Å². The van der Waals surface area contributed by atoms with Gasteiger partial charge in [-0.3, -0.25) is 9.59 Å². The zero-order valence-corrected chi connectivity index (χ0v) is 37.4.